The smallest absolute Gasteiger partial charge is 0.0991 e. The molecule has 0 bridgehead atoms. The summed E-state index contributed by atoms with van der Waals surface area (Å²) in [6.07, 6.45) is 0. The predicted molar refractivity (Wildman–Crippen MR) is 224 cm³/mol. The molecule has 0 aromatic heterocycles. The Balaban J connectivity index is 1.29. The summed E-state index contributed by atoms with van der Waals surface area (Å²) in [5, 5.41) is 26.7. The average molecular weight is 697 g/mol. The maximum Gasteiger partial charge on any atom is 0.0991 e. The highest BCUT2D eigenvalue weighted by molar-refractivity contribution is 6.28. The van der Waals surface area contributed by atoms with Gasteiger partial charge >= 0.3 is 0 Å². The Morgan fingerprint density at radius 1 is 0.593 bits per heavy atom. The second kappa shape index (κ2) is 12.2. The Morgan fingerprint density at radius 3 is 1.80 bits per heavy atom. The van der Waals surface area contributed by atoms with Crippen molar-refractivity contribution in [2.45, 2.75) is 51.5 Å². The van der Waals surface area contributed by atoms with E-state index in [9.17, 15) is 10.5 Å². The molecule has 1 aliphatic rings. The third-order valence-corrected chi connectivity index (χ3v) is 11.5. The van der Waals surface area contributed by atoms with E-state index in [1.807, 2.05) is 30.3 Å². The molecule has 4 heteroatoms. The highest BCUT2D eigenvalue weighted by Crippen LogP contribution is 2.57. The molecule has 0 saturated carbocycles. The first-order valence-electron chi connectivity index (χ1n) is 18.6. The van der Waals surface area contributed by atoms with Gasteiger partial charge < -0.3 is 9.80 Å². The van der Waals surface area contributed by atoms with Gasteiger partial charge in [-0.25, -0.2) is 0 Å². The van der Waals surface area contributed by atoms with Gasteiger partial charge in [0.1, 0.15) is 0 Å². The summed E-state index contributed by atoms with van der Waals surface area (Å²) >= 11 is 0. The fourth-order valence-electron chi connectivity index (χ4n) is 8.81. The molecule has 8 aromatic carbocycles. The topological polar surface area (TPSA) is 54.1 Å². The lowest BCUT2D eigenvalue weighted by molar-refractivity contribution is 0.449. The molecule has 1 heterocycles. The van der Waals surface area contributed by atoms with Gasteiger partial charge in [0.05, 0.1) is 35.0 Å². The van der Waals surface area contributed by atoms with Gasteiger partial charge in [-0.2, -0.15) is 10.5 Å². The molecule has 1 atom stereocenters. The first-order chi connectivity index (χ1) is 26.1. The van der Waals surface area contributed by atoms with E-state index in [-0.39, 0.29) is 16.9 Å². The lowest BCUT2D eigenvalue weighted by Crippen LogP contribution is -2.31. The number of rotatable bonds is 5. The van der Waals surface area contributed by atoms with Crippen molar-refractivity contribution in [3.8, 4) is 12.1 Å². The fourth-order valence-corrected chi connectivity index (χ4v) is 8.81. The van der Waals surface area contributed by atoms with Crippen LogP contribution in [0.25, 0.3) is 32.3 Å². The van der Waals surface area contributed by atoms with Crippen LogP contribution in [0.5, 0.6) is 0 Å². The minimum atomic E-state index is -0.273. The summed E-state index contributed by atoms with van der Waals surface area (Å²) in [5.41, 5.74) is 10.2. The molecule has 0 fully saturated rings. The molecule has 1 aliphatic heterocycles. The average Bonchev–Trinajstić information content (AvgIpc) is 3.43. The first kappa shape index (κ1) is 33.2. The highest BCUT2D eigenvalue weighted by Gasteiger charge is 2.46. The standard InChI is InChI=1S/C50H40N4/c1-49(2,3)37-18-22-39(23-19-37)53(38-20-11-32(30-51)12-21-38)43-27-16-34-15-25-41-44(28-17-35-14-24-40(43)46(34)47(35)41)54-45-26-13-33(31-52)29-42(45)50(4,5)48(54)36-9-7-6-8-10-36/h6-29,48H,1-5H3. The van der Waals surface area contributed by atoms with Crippen LogP contribution in [0.15, 0.2) is 146 Å². The van der Waals surface area contributed by atoms with E-state index in [0.717, 1.165) is 33.8 Å². The van der Waals surface area contributed by atoms with E-state index in [0.29, 0.717) is 11.1 Å². The molecule has 0 saturated heterocycles. The summed E-state index contributed by atoms with van der Waals surface area (Å²) in [6.45, 7) is 11.3. The van der Waals surface area contributed by atoms with E-state index < -0.39 is 0 Å². The molecular formula is C50H40N4. The zero-order valence-corrected chi connectivity index (χ0v) is 31.2. The van der Waals surface area contributed by atoms with Gasteiger partial charge in [0.2, 0.25) is 0 Å². The molecule has 1 unspecified atom stereocenters. The van der Waals surface area contributed by atoms with Crippen molar-refractivity contribution in [2.24, 2.45) is 0 Å². The minimum Gasteiger partial charge on any atom is -0.332 e. The molecule has 4 nitrogen and oxygen atoms in total. The molecule has 0 N–H and O–H groups in total. The monoisotopic (exact) mass is 696 g/mol. The number of nitriles is 2. The summed E-state index contributed by atoms with van der Waals surface area (Å²) in [6, 6.07) is 56.5. The lowest BCUT2D eigenvalue weighted by Gasteiger charge is -2.36. The van der Waals surface area contributed by atoms with Crippen molar-refractivity contribution in [3.63, 3.8) is 0 Å². The van der Waals surface area contributed by atoms with Crippen LogP contribution in [0.4, 0.5) is 28.4 Å². The molecule has 0 amide bonds. The second-order valence-corrected chi connectivity index (χ2v) is 16.1. The molecule has 9 rings (SSSR count). The van der Waals surface area contributed by atoms with Crippen molar-refractivity contribution < 1.29 is 0 Å². The van der Waals surface area contributed by atoms with Gasteiger partial charge in [0.25, 0.3) is 0 Å². The highest BCUT2D eigenvalue weighted by atomic mass is 15.2. The van der Waals surface area contributed by atoms with Crippen LogP contribution in [0.1, 0.15) is 68.5 Å². The van der Waals surface area contributed by atoms with Crippen molar-refractivity contribution in [1.29, 1.82) is 10.5 Å². The van der Waals surface area contributed by atoms with E-state index in [4.69, 9.17) is 0 Å². The van der Waals surface area contributed by atoms with Gasteiger partial charge in [0.15, 0.2) is 0 Å². The number of nitrogens with zero attached hydrogens (tertiary/aromatic N) is 4. The Labute approximate surface area is 317 Å². The molecule has 0 aliphatic carbocycles. The van der Waals surface area contributed by atoms with Gasteiger partial charge in [-0.3, -0.25) is 0 Å². The number of anilines is 5. The Bertz CT molecular complexity index is 2790. The van der Waals surface area contributed by atoms with Crippen LogP contribution in [0, 0.1) is 22.7 Å². The summed E-state index contributed by atoms with van der Waals surface area (Å²) < 4.78 is 0. The van der Waals surface area contributed by atoms with E-state index >= 15 is 0 Å². The quantitative estimate of drug-likeness (QED) is 0.168. The number of hydrogen-bond donors (Lipinski definition) is 0. The predicted octanol–water partition coefficient (Wildman–Crippen LogP) is 13.3. The van der Waals surface area contributed by atoms with Gasteiger partial charge in [-0.15, -0.1) is 0 Å². The largest absolute Gasteiger partial charge is 0.332 e. The van der Waals surface area contributed by atoms with Crippen molar-refractivity contribution in [1.82, 2.24) is 0 Å². The SMILES string of the molecule is CC(C)(C)c1ccc(N(c2ccc(C#N)cc2)c2ccc3ccc4c(N5c6ccc(C#N)cc6C(C)(C)C5c5ccccc5)ccc5ccc2c3c54)cc1. The van der Waals surface area contributed by atoms with Crippen LogP contribution >= 0.6 is 0 Å². The third kappa shape index (κ3) is 5.10. The Hall–Kier alpha value is -6.62. The fraction of sp³-hybridized carbons (Fsp3) is 0.160. The molecule has 0 radical (unpaired) electrons. The van der Waals surface area contributed by atoms with Gasteiger partial charge in [-0.1, -0.05) is 113 Å². The number of fused-ring (bicyclic) bond motifs is 1. The Kier molecular flexibility index (Phi) is 7.53. The molecule has 260 valence electrons. The maximum atomic E-state index is 9.90. The van der Waals surface area contributed by atoms with Crippen LogP contribution in [0.3, 0.4) is 0 Å². The van der Waals surface area contributed by atoms with Crippen molar-refractivity contribution in [2.75, 3.05) is 9.80 Å². The van der Waals surface area contributed by atoms with E-state index in [1.54, 1.807) is 0 Å². The van der Waals surface area contributed by atoms with Crippen LogP contribution < -0.4 is 9.80 Å². The zero-order chi connectivity index (χ0) is 37.4. The van der Waals surface area contributed by atoms with E-state index in [2.05, 4.69) is 172 Å². The molecule has 8 aromatic rings. The molecule has 54 heavy (non-hydrogen) atoms. The summed E-state index contributed by atoms with van der Waals surface area (Å²) in [7, 11) is 0. The number of hydrogen-bond acceptors (Lipinski definition) is 4. The van der Waals surface area contributed by atoms with Gasteiger partial charge in [0, 0.05) is 38.9 Å². The summed E-state index contributed by atoms with van der Waals surface area (Å²) in [5.74, 6) is 0. The Morgan fingerprint density at radius 2 is 1.15 bits per heavy atom. The van der Waals surface area contributed by atoms with Gasteiger partial charge in [-0.05, 0) is 110 Å². The van der Waals surface area contributed by atoms with Crippen molar-refractivity contribution >= 4 is 60.8 Å². The number of benzene rings is 8. The van der Waals surface area contributed by atoms with Crippen LogP contribution in [-0.4, -0.2) is 0 Å². The summed E-state index contributed by atoms with van der Waals surface area (Å²) in [4.78, 5) is 4.83. The second-order valence-electron chi connectivity index (χ2n) is 16.1. The lowest BCUT2D eigenvalue weighted by atomic mass is 9.77. The van der Waals surface area contributed by atoms with Crippen LogP contribution in [0.2, 0.25) is 0 Å². The molecular weight excluding hydrogens is 657 g/mol. The van der Waals surface area contributed by atoms with Crippen LogP contribution in [-0.2, 0) is 10.8 Å². The maximum absolute atomic E-state index is 9.90. The molecule has 0 spiro atoms. The normalized spacial score (nSPS) is 15.0. The first-order valence-corrected chi connectivity index (χ1v) is 18.6. The zero-order valence-electron chi connectivity index (χ0n) is 31.2. The minimum absolute atomic E-state index is 0.0135. The van der Waals surface area contributed by atoms with Crippen molar-refractivity contribution in [3.05, 3.63) is 173 Å². The third-order valence-electron chi connectivity index (χ3n) is 11.5. The van der Waals surface area contributed by atoms with E-state index in [1.165, 1.54) is 43.6 Å².